The molecule has 28 heavy (non-hydrogen) atoms. The number of benzene rings is 3. The molecule has 3 aromatic carbocycles. The standard InChI is InChI=1S/C19H15N3O5S/c23-19(14-6-9-15(10-7-14)22(24)25)20-21-28(26,27)17-11-8-13-5-4-12-2-1-3-16(17)18(12)13/h1-3,6-11,21H,4-5H2,(H,20,23). The lowest BCUT2D eigenvalue weighted by Gasteiger charge is -2.12. The number of sulfonamides is 1. The van der Waals surface area contributed by atoms with Gasteiger partial charge in [-0.1, -0.05) is 24.3 Å². The molecule has 0 atom stereocenters. The normalized spacial score (nSPS) is 12.9. The molecule has 8 nitrogen and oxygen atoms in total. The summed E-state index contributed by atoms with van der Waals surface area (Å²) in [6, 6.07) is 13.7. The Balaban J connectivity index is 1.58. The van der Waals surface area contributed by atoms with E-state index >= 15 is 0 Å². The van der Waals surface area contributed by atoms with Crippen molar-refractivity contribution in [1.82, 2.24) is 10.3 Å². The van der Waals surface area contributed by atoms with Crippen molar-refractivity contribution in [1.29, 1.82) is 0 Å². The number of rotatable bonds is 5. The van der Waals surface area contributed by atoms with Gasteiger partial charge in [0.2, 0.25) is 0 Å². The van der Waals surface area contributed by atoms with Gasteiger partial charge in [-0.25, -0.2) is 8.42 Å². The number of nitro groups is 1. The topological polar surface area (TPSA) is 118 Å². The van der Waals surface area contributed by atoms with Gasteiger partial charge in [-0.3, -0.25) is 20.3 Å². The Kier molecular flexibility index (Phi) is 4.33. The van der Waals surface area contributed by atoms with E-state index in [2.05, 4.69) is 10.3 Å². The van der Waals surface area contributed by atoms with Gasteiger partial charge in [-0.2, -0.15) is 0 Å². The molecule has 0 aliphatic heterocycles. The van der Waals surface area contributed by atoms with Gasteiger partial charge in [0, 0.05) is 23.1 Å². The van der Waals surface area contributed by atoms with Gasteiger partial charge in [0.1, 0.15) is 0 Å². The fourth-order valence-corrected chi connectivity index (χ4v) is 4.47. The van der Waals surface area contributed by atoms with Crippen LogP contribution in [0.5, 0.6) is 0 Å². The van der Waals surface area contributed by atoms with Crippen molar-refractivity contribution in [2.24, 2.45) is 0 Å². The van der Waals surface area contributed by atoms with Crippen LogP contribution in [0.4, 0.5) is 5.69 Å². The van der Waals surface area contributed by atoms with Crippen molar-refractivity contribution < 1.29 is 18.1 Å². The van der Waals surface area contributed by atoms with Crippen molar-refractivity contribution in [2.75, 3.05) is 0 Å². The van der Waals surface area contributed by atoms with E-state index in [0.29, 0.717) is 5.39 Å². The molecule has 0 unspecified atom stereocenters. The maximum Gasteiger partial charge on any atom is 0.269 e. The van der Waals surface area contributed by atoms with Crippen LogP contribution in [-0.2, 0) is 22.9 Å². The zero-order valence-corrected chi connectivity index (χ0v) is 15.3. The number of carbonyl (C=O) groups is 1. The molecule has 0 saturated heterocycles. The van der Waals surface area contributed by atoms with E-state index in [1.165, 1.54) is 30.3 Å². The smallest absolute Gasteiger partial charge is 0.269 e. The minimum atomic E-state index is -4.01. The van der Waals surface area contributed by atoms with E-state index in [4.69, 9.17) is 0 Å². The number of hydrogen-bond acceptors (Lipinski definition) is 5. The lowest BCUT2D eigenvalue weighted by molar-refractivity contribution is -0.384. The summed E-state index contributed by atoms with van der Waals surface area (Å²) in [4.78, 5) is 24.4. The van der Waals surface area contributed by atoms with Crippen LogP contribution in [0.25, 0.3) is 10.8 Å². The summed E-state index contributed by atoms with van der Waals surface area (Å²) < 4.78 is 25.5. The molecule has 9 heteroatoms. The minimum absolute atomic E-state index is 0.0824. The predicted molar refractivity (Wildman–Crippen MR) is 102 cm³/mol. The summed E-state index contributed by atoms with van der Waals surface area (Å²) in [7, 11) is -4.01. The predicted octanol–water partition coefficient (Wildman–Crippen LogP) is 2.47. The highest BCUT2D eigenvalue weighted by molar-refractivity contribution is 7.89. The van der Waals surface area contributed by atoms with Crippen LogP contribution in [0.1, 0.15) is 21.5 Å². The van der Waals surface area contributed by atoms with Gasteiger partial charge < -0.3 is 0 Å². The molecule has 0 fully saturated rings. The molecule has 0 heterocycles. The lowest BCUT2D eigenvalue weighted by Crippen LogP contribution is -2.41. The molecule has 0 saturated carbocycles. The second kappa shape index (κ2) is 6.70. The molecule has 0 aromatic heterocycles. The number of nitrogens with one attached hydrogen (secondary N) is 2. The fraction of sp³-hybridized carbons (Fsp3) is 0.105. The van der Waals surface area contributed by atoms with Crippen LogP contribution >= 0.6 is 0 Å². The Labute approximate surface area is 160 Å². The van der Waals surface area contributed by atoms with Crippen LogP contribution in [0.2, 0.25) is 0 Å². The molecular formula is C19H15N3O5S. The molecule has 2 N–H and O–H groups in total. The zero-order chi connectivity index (χ0) is 19.9. The highest BCUT2D eigenvalue weighted by atomic mass is 32.2. The number of non-ortho nitro benzene ring substituents is 1. The first-order valence-corrected chi connectivity index (χ1v) is 9.95. The molecule has 1 amide bonds. The van der Waals surface area contributed by atoms with Gasteiger partial charge in [0.05, 0.1) is 9.82 Å². The number of hydrogen-bond donors (Lipinski definition) is 2. The quantitative estimate of drug-likeness (QED) is 0.506. The van der Waals surface area contributed by atoms with E-state index in [0.717, 1.165) is 29.4 Å². The van der Waals surface area contributed by atoms with Crippen molar-refractivity contribution in [2.45, 2.75) is 17.7 Å². The summed E-state index contributed by atoms with van der Waals surface area (Å²) in [5.74, 6) is -0.718. The molecule has 142 valence electrons. The van der Waals surface area contributed by atoms with E-state index in [1.54, 1.807) is 12.1 Å². The second-order valence-corrected chi connectivity index (χ2v) is 8.08. The molecular weight excluding hydrogens is 382 g/mol. The second-order valence-electron chi connectivity index (χ2n) is 6.43. The third-order valence-electron chi connectivity index (χ3n) is 4.77. The van der Waals surface area contributed by atoms with E-state index < -0.39 is 20.9 Å². The van der Waals surface area contributed by atoms with Crippen LogP contribution in [0, 0.1) is 10.1 Å². The van der Waals surface area contributed by atoms with Gasteiger partial charge >= 0.3 is 0 Å². The van der Waals surface area contributed by atoms with Crippen molar-refractivity contribution >= 4 is 32.4 Å². The summed E-state index contributed by atoms with van der Waals surface area (Å²) in [5, 5.41) is 12.2. The monoisotopic (exact) mass is 397 g/mol. The number of amides is 1. The first-order valence-electron chi connectivity index (χ1n) is 8.47. The van der Waals surface area contributed by atoms with E-state index in [1.807, 2.05) is 12.1 Å². The zero-order valence-electron chi connectivity index (χ0n) is 14.5. The van der Waals surface area contributed by atoms with Gasteiger partial charge in [-0.05, 0) is 47.6 Å². The molecule has 4 rings (SSSR count). The van der Waals surface area contributed by atoms with Crippen LogP contribution in [0.3, 0.4) is 0 Å². The Morgan fingerprint density at radius 2 is 1.64 bits per heavy atom. The van der Waals surface area contributed by atoms with Gasteiger partial charge in [-0.15, -0.1) is 4.83 Å². The number of hydrazine groups is 1. The first-order chi connectivity index (χ1) is 13.4. The van der Waals surface area contributed by atoms with Crippen LogP contribution in [0.15, 0.2) is 59.5 Å². The molecule has 0 spiro atoms. The lowest BCUT2D eigenvalue weighted by atomic mass is 10.1. The van der Waals surface area contributed by atoms with Crippen LogP contribution in [-0.4, -0.2) is 19.2 Å². The highest BCUT2D eigenvalue weighted by Crippen LogP contribution is 2.34. The molecule has 1 aliphatic carbocycles. The summed E-state index contributed by atoms with van der Waals surface area (Å²) in [6.45, 7) is 0. The maximum absolute atomic E-state index is 12.8. The highest BCUT2D eigenvalue weighted by Gasteiger charge is 2.23. The fourth-order valence-electron chi connectivity index (χ4n) is 3.43. The SMILES string of the molecule is O=C(NNS(=O)(=O)c1ccc2c3c(cccc13)CC2)c1ccc([N+](=O)[O-])cc1. The number of nitrogens with zero attached hydrogens (tertiary/aromatic N) is 1. The summed E-state index contributed by atoms with van der Waals surface area (Å²) >= 11 is 0. The first kappa shape index (κ1) is 18.1. The average molecular weight is 397 g/mol. The van der Waals surface area contributed by atoms with Crippen molar-refractivity contribution in [3.05, 3.63) is 81.4 Å². The Morgan fingerprint density at radius 1 is 0.964 bits per heavy atom. The molecule has 0 bridgehead atoms. The van der Waals surface area contributed by atoms with Crippen LogP contribution < -0.4 is 10.3 Å². The van der Waals surface area contributed by atoms with Crippen molar-refractivity contribution in [3.63, 3.8) is 0 Å². The third-order valence-corrected chi connectivity index (χ3v) is 6.07. The Bertz CT molecular complexity index is 1210. The third kappa shape index (κ3) is 3.10. The van der Waals surface area contributed by atoms with E-state index in [9.17, 15) is 23.3 Å². The summed E-state index contributed by atoms with van der Waals surface area (Å²) in [5.41, 5.74) is 4.30. The average Bonchev–Trinajstić information content (AvgIpc) is 3.11. The number of carbonyl (C=O) groups excluding carboxylic acids is 1. The molecule has 3 aromatic rings. The minimum Gasteiger partial charge on any atom is -0.273 e. The molecule has 1 aliphatic rings. The summed E-state index contributed by atoms with van der Waals surface area (Å²) in [6.07, 6.45) is 1.75. The van der Waals surface area contributed by atoms with E-state index in [-0.39, 0.29) is 16.1 Å². The number of aryl methyl sites for hydroxylation is 2. The Morgan fingerprint density at radius 3 is 2.32 bits per heavy atom. The van der Waals surface area contributed by atoms with Gasteiger partial charge in [0.15, 0.2) is 0 Å². The Hall–Kier alpha value is -3.30. The van der Waals surface area contributed by atoms with Crippen molar-refractivity contribution in [3.8, 4) is 0 Å². The molecule has 0 radical (unpaired) electrons. The largest absolute Gasteiger partial charge is 0.273 e. The van der Waals surface area contributed by atoms with Gasteiger partial charge in [0.25, 0.3) is 21.6 Å². The number of nitro benzene ring substituents is 1. The maximum atomic E-state index is 12.8.